The Hall–Kier alpha value is -1.07. The normalized spacial score (nSPS) is 24.1. The predicted octanol–water partition coefficient (Wildman–Crippen LogP) is 2.41. The van der Waals surface area contributed by atoms with Crippen molar-refractivity contribution < 1.29 is 9.90 Å². The minimum Gasteiger partial charge on any atom is -0.398 e. The minimum absolute atomic E-state index is 0.00148. The van der Waals surface area contributed by atoms with Crippen LogP contribution in [0.1, 0.15) is 36.5 Å². The zero-order valence-electron chi connectivity index (χ0n) is 11.0. The van der Waals surface area contributed by atoms with Crippen molar-refractivity contribution in [3.8, 4) is 0 Å². The molecule has 1 unspecified atom stereocenters. The van der Waals surface area contributed by atoms with Crippen LogP contribution in [0.5, 0.6) is 0 Å². The Labute approximate surface area is 121 Å². The first-order valence-corrected chi connectivity index (χ1v) is 7.25. The van der Waals surface area contributed by atoms with Crippen molar-refractivity contribution in [1.29, 1.82) is 0 Å². The average molecular weight is 327 g/mol. The summed E-state index contributed by atoms with van der Waals surface area (Å²) in [5.74, 6) is -0.00148. The molecule has 19 heavy (non-hydrogen) atoms. The summed E-state index contributed by atoms with van der Waals surface area (Å²) in [6.07, 6.45) is 2.19. The van der Waals surface area contributed by atoms with E-state index in [1.807, 2.05) is 6.92 Å². The maximum absolute atomic E-state index is 12.4. The molecule has 3 N–H and O–H groups in total. The molecule has 0 aromatic heterocycles. The molecule has 2 rings (SSSR count). The number of nitrogens with two attached hydrogens (primary N) is 1. The second-order valence-corrected chi connectivity index (χ2v) is 6.23. The number of anilines is 1. The van der Waals surface area contributed by atoms with Crippen LogP contribution in [0.15, 0.2) is 22.7 Å². The molecule has 0 saturated carbocycles. The molecular weight excluding hydrogens is 308 g/mol. The van der Waals surface area contributed by atoms with E-state index in [1.165, 1.54) is 0 Å². The third kappa shape index (κ3) is 3.48. The maximum Gasteiger partial charge on any atom is 0.253 e. The molecule has 0 spiro atoms. The van der Waals surface area contributed by atoms with Gasteiger partial charge in [-0.2, -0.15) is 0 Å². The number of rotatable bonds is 1. The second-order valence-electron chi connectivity index (χ2n) is 5.38. The molecule has 1 fully saturated rings. The molecule has 1 amide bonds. The largest absolute Gasteiger partial charge is 0.398 e. The summed E-state index contributed by atoms with van der Waals surface area (Å²) in [7, 11) is 0. The van der Waals surface area contributed by atoms with E-state index in [4.69, 9.17) is 5.73 Å². The highest BCUT2D eigenvalue weighted by Gasteiger charge is 2.27. The number of amides is 1. The number of halogens is 1. The number of hydrogen-bond donors (Lipinski definition) is 2. The third-order valence-electron chi connectivity index (χ3n) is 3.60. The molecule has 0 radical (unpaired) electrons. The summed E-state index contributed by atoms with van der Waals surface area (Å²) in [6.45, 7) is 3.12. The lowest BCUT2D eigenvalue weighted by molar-refractivity contribution is 0.0438. The van der Waals surface area contributed by atoms with Gasteiger partial charge >= 0.3 is 0 Å². The van der Waals surface area contributed by atoms with Crippen molar-refractivity contribution in [2.45, 2.75) is 31.8 Å². The summed E-state index contributed by atoms with van der Waals surface area (Å²) >= 11 is 3.34. The molecule has 4 nitrogen and oxygen atoms in total. The van der Waals surface area contributed by atoms with E-state index in [0.29, 0.717) is 30.8 Å². The van der Waals surface area contributed by atoms with Crippen LogP contribution in [0, 0.1) is 0 Å². The predicted molar refractivity (Wildman–Crippen MR) is 78.9 cm³/mol. The molecule has 1 saturated heterocycles. The van der Waals surface area contributed by atoms with Crippen LogP contribution in [0.25, 0.3) is 0 Å². The van der Waals surface area contributed by atoms with Gasteiger partial charge in [-0.1, -0.05) is 0 Å². The van der Waals surface area contributed by atoms with Crippen molar-refractivity contribution in [2.24, 2.45) is 0 Å². The standard InChI is InChI=1S/C14H19BrN2O2/c1-14(19)5-2-7-17(8-6-14)13(18)10-3-4-12(16)11(15)9-10/h3-4,9,19H,2,5-8,16H2,1H3. The maximum atomic E-state index is 12.4. The van der Waals surface area contributed by atoms with Gasteiger partial charge in [-0.3, -0.25) is 4.79 Å². The van der Waals surface area contributed by atoms with E-state index in [2.05, 4.69) is 15.9 Å². The zero-order valence-corrected chi connectivity index (χ0v) is 12.6. The van der Waals surface area contributed by atoms with E-state index in [0.717, 1.165) is 17.3 Å². The molecule has 1 aromatic carbocycles. The number of carbonyl (C=O) groups excluding carboxylic acids is 1. The second kappa shape index (κ2) is 5.51. The van der Waals surface area contributed by atoms with Crippen LogP contribution < -0.4 is 5.73 Å². The quantitative estimate of drug-likeness (QED) is 0.779. The smallest absolute Gasteiger partial charge is 0.253 e. The highest BCUT2D eigenvalue weighted by molar-refractivity contribution is 9.10. The summed E-state index contributed by atoms with van der Waals surface area (Å²) in [6, 6.07) is 5.22. The van der Waals surface area contributed by atoms with Crippen molar-refractivity contribution in [3.63, 3.8) is 0 Å². The fourth-order valence-corrected chi connectivity index (χ4v) is 2.69. The summed E-state index contributed by atoms with van der Waals surface area (Å²) in [4.78, 5) is 14.2. The number of aliphatic hydroxyl groups is 1. The zero-order chi connectivity index (χ0) is 14.0. The lowest BCUT2D eigenvalue weighted by Gasteiger charge is -2.22. The van der Waals surface area contributed by atoms with E-state index in [1.54, 1.807) is 23.1 Å². The van der Waals surface area contributed by atoms with Crippen LogP contribution in [-0.2, 0) is 0 Å². The highest BCUT2D eigenvalue weighted by Crippen LogP contribution is 2.24. The first-order valence-electron chi connectivity index (χ1n) is 6.46. The fraction of sp³-hybridized carbons (Fsp3) is 0.500. The molecule has 104 valence electrons. The number of likely N-dealkylation sites (tertiary alicyclic amines) is 1. The molecule has 1 heterocycles. The van der Waals surface area contributed by atoms with E-state index in [9.17, 15) is 9.90 Å². The first-order chi connectivity index (χ1) is 8.89. The molecule has 1 atom stereocenters. The number of nitrogens with zero attached hydrogens (tertiary/aromatic N) is 1. The molecule has 1 aliphatic rings. The number of carbonyl (C=O) groups is 1. The van der Waals surface area contributed by atoms with Gasteiger partial charge in [-0.15, -0.1) is 0 Å². The van der Waals surface area contributed by atoms with Crippen LogP contribution >= 0.6 is 15.9 Å². The Morgan fingerprint density at radius 1 is 1.42 bits per heavy atom. The van der Waals surface area contributed by atoms with Crippen LogP contribution in [0.3, 0.4) is 0 Å². The van der Waals surface area contributed by atoms with Crippen LogP contribution in [-0.4, -0.2) is 34.6 Å². The number of hydrogen-bond acceptors (Lipinski definition) is 3. The van der Waals surface area contributed by atoms with Gasteiger partial charge in [-0.25, -0.2) is 0 Å². The monoisotopic (exact) mass is 326 g/mol. The van der Waals surface area contributed by atoms with Gasteiger partial charge in [0, 0.05) is 28.8 Å². The van der Waals surface area contributed by atoms with Gasteiger partial charge in [0.2, 0.25) is 0 Å². The van der Waals surface area contributed by atoms with Crippen molar-refractivity contribution >= 4 is 27.5 Å². The Balaban J connectivity index is 2.13. The van der Waals surface area contributed by atoms with Gasteiger partial charge in [0.1, 0.15) is 0 Å². The van der Waals surface area contributed by atoms with Crippen molar-refractivity contribution in [3.05, 3.63) is 28.2 Å². The molecule has 5 heteroatoms. The van der Waals surface area contributed by atoms with Crippen molar-refractivity contribution in [1.82, 2.24) is 4.90 Å². The van der Waals surface area contributed by atoms with Crippen molar-refractivity contribution in [2.75, 3.05) is 18.8 Å². The minimum atomic E-state index is -0.656. The topological polar surface area (TPSA) is 66.6 Å². The summed E-state index contributed by atoms with van der Waals surface area (Å²) < 4.78 is 0.736. The lowest BCUT2D eigenvalue weighted by Crippen LogP contribution is -2.33. The fourth-order valence-electron chi connectivity index (χ4n) is 2.31. The first kappa shape index (κ1) is 14.3. The lowest BCUT2D eigenvalue weighted by atomic mass is 9.98. The van der Waals surface area contributed by atoms with Gasteiger partial charge in [0.15, 0.2) is 0 Å². The Bertz CT molecular complexity index is 488. The van der Waals surface area contributed by atoms with Gasteiger partial charge in [-0.05, 0) is 60.3 Å². The van der Waals surface area contributed by atoms with Gasteiger partial charge < -0.3 is 15.7 Å². The Morgan fingerprint density at radius 2 is 2.16 bits per heavy atom. The van der Waals surface area contributed by atoms with Gasteiger partial charge in [0.05, 0.1) is 5.60 Å². The van der Waals surface area contributed by atoms with Crippen LogP contribution in [0.2, 0.25) is 0 Å². The van der Waals surface area contributed by atoms with E-state index < -0.39 is 5.60 Å². The molecule has 1 aliphatic heterocycles. The number of nitrogen functional groups attached to an aromatic ring is 1. The van der Waals surface area contributed by atoms with E-state index in [-0.39, 0.29) is 5.91 Å². The Kier molecular flexibility index (Phi) is 4.16. The summed E-state index contributed by atoms with van der Waals surface area (Å²) in [5, 5.41) is 10.0. The SMILES string of the molecule is CC1(O)CCCN(C(=O)c2ccc(N)c(Br)c2)CC1. The molecule has 1 aromatic rings. The highest BCUT2D eigenvalue weighted by atomic mass is 79.9. The van der Waals surface area contributed by atoms with Crippen LogP contribution in [0.4, 0.5) is 5.69 Å². The molecule has 0 aliphatic carbocycles. The third-order valence-corrected chi connectivity index (χ3v) is 4.29. The average Bonchev–Trinajstić information content (AvgIpc) is 2.53. The Morgan fingerprint density at radius 3 is 2.84 bits per heavy atom. The molecule has 0 bridgehead atoms. The van der Waals surface area contributed by atoms with E-state index >= 15 is 0 Å². The van der Waals surface area contributed by atoms with Gasteiger partial charge in [0.25, 0.3) is 5.91 Å². The number of benzene rings is 1. The summed E-state index contributed by atoms with van der Waals surface area (Å²) in [5.41, 5.74) is 6.32. The molecular formula is C14H19BrN2O2.